The highest BCUT2D eigenvalue weighted by molar-refractivity contribution is 5.22. The third-order valence-electron chi connectivity index (χ3n) is 2.53. The molecule has 2 nitrogen and oxygen atoms in total. The smallest absolute Gasteiger partial charge is 0.143 e. The van der Waals surface area contributed by atoms with Crippen LogP contribution < -0.4 is 0 Å². The summed E-state index contributed by atoms with van der Waals surface area (Å²) >= 11 is 0. The lowest BCUT2D eigenvalue weighted by Gasteiger charge is -2.01. The maximum Gasteiger partial charge on any atom is 0.143 e. The van der Waals surface area contributed by atoms with Crippen molar-refractivity contribution in [2.45, 2.75) is 59.8 Å². The number of methoxy groups -OCH3 is 1. The number of benzene rings is 1. The van der Waals surface area contributed by atoms with Gasteiger partial charge in [0.25, 0.3) is 0 Å². The fourth-order valence-corrected chi connectivity index (χ4v) is 1.62. The van der Waals surface area contributed by atoms with Crippen LogP contribution in [0.4, 0.5) is 0 Å². The van der Waals surface area contributed by atoms with Gasteiger partial charge in [-0.1, -0.05) is 69.9 Å². The Balaban J connectivity index is 0. The molecule has 1 aromatic rings. The van der Waals surface area contributed by atoms with Crippen molar-refractivity contribution in [3.05, 3.63) is 35.4 Å². The van der Waals surface area contributed by atoms with Crippen molar-refractivity contribution in [2.75, 3.05) is 13.9 Å². The fourth-order valence-electron chi connectivity index (χ4n) is 1.62. The van der Waals surface area contributed by atoms with Gasteiger partial charge in [-0.3, -0.25) is 0 Å². The molecular weight excluding hydrogens is 236 g/mol. The number of hydrogen-bond donors (Lipinski definition) is 1. The third kappa shape index (κ3) is 15.1. The first-order valence-corrected chi connectivity index (χ1v) is 7.40. The Morgan fingerprint density at radius 1 is 1.11 bits per heavy atom. The van der Waals surface area contributed by atoms with Crippen LogP contribution >= 0.6 is 0 Å². The van der Waals surface area contributed by atoms with Crippen LogP contribution in [0.1, 0.15) is 57.6 Å². The molecule has 0 aliphatic carbocycles. The Kier molecular flexibility index (Phi) is 18.5. The molecule has 0 heterocycles. The molecule has 0 radical (unpaired) electrons. The van der Waals surface area contributed by atoms with E-state index in [9.17, 15) is 0 Å². The van der Waals surface area contributed by atoms with E-state index in [0.29, 0.717) is 0 Å². The lowest BCUT2D eigenvalue weighted by molar-refractivity contribution is 0.0325. The summed E-state index contributed by atoms with van der Waals surface area (Å²) in [5.74, 6) is 0. The SMILES string of the molecule is CC.CCCCCCc1cccc(C)c1.COCO. The molecule has 0 bridgehead atoms. The summed E-state index contributed by atoms with van der Waals surface area (Å²) in [7, 11) is 1.43. The van der Waals surface area contributed by atoms with E-state index in [1.807, 2.05) is 13.8 Å². The molecule has 112 valence electrons. The monoisotopic (exact) mass is 268 g/mol. The number of ether oxygens (including phenoxy) is 1. The summed E-state index contributed by atoms with van der Waals surface area (Å²) in [6.07, 6.45) is 6.68. The second kappa shape index (κ2) is 17.1. The Hall–Kier alpha value is -0.860. The van der Waals surface area contributed by atoms with Gasteiger partial charge in [-0.2, -0.15) is 0 Å². The van der Waals surface area contributed by atoms with Crippen molar-refractivity contribution < 1.29 is 9.84 Å². The van der Waals surface area contributed by atoms with Gasteiger partial charge in [-0.15, -0.1) is 0 Å². The van der Waals surface area contributed by atoms with Crippen LogP contribution in [0.3, 0.4) is 0 Å². The summed E-state index contributed by atoms with van der Waals surface area (Å²) in [6.45, 7) is 8.24. The average Bonchev–Trinajstić information content (AvgIpc) is 2.46. The highest BCUT2D eigenvalue weighted by atomic mass is 16.6. The Morgan fingerprint density at radius 3 is 2.21 bits per heavy atom. The molecule has 0 saturated carbocycles. The molecule has 0 aromatic heterocycles. The molecule has 2 heteroatoms. The summed E-state index contributed by atoms with van der Waals surface area (Å²) in [6, 6.07) is 8.85. The minimum atomic E-state index is -0.181. The van der Waals surface area contributed by atoms with E-state index >= 15 is 0 Å². The van der Waals surface area contributed by atoms with Crippen LogP contribution in [-0.2, 0) is 11.2 Å². The van der Waals surface area contributed by atoms with Crippen LogP contribution in [0, 0.1) is 6.92 Å². The van der Waals surface area contributed by atoms with Gasteiger partial charge in [0.15, 0.2) is 0 Å². The number of unbranched alkanes of at least 4 members (excludes halogenated alkanes) is 3. The highest BCUT2D eigenvalue weighted by Gasteiger charge is 1.93. The van der Waals surface area contributed by atoms with E-state index in [0.717, 1.165) is 0 Å². The largest absolute Gasteiger partial charge is 0.371 e. The van der Waals surface area contributed by atoms with Crippen molar-refractivity contribution in [3.63, 3.8) is 0 Å². The molecule has 1 rings (SSSR count). The van der Waals surface area contributed by atoms with Gasteiger partial charge in [0.05, 0.1) is 0 Å². The first-order valence-electron chi connectivity index (χ1n) is 7.40. The second-order valence-electron chi connectivity index (χ2n) is 4.22. The number of aliphatic hydroxyl groups is 1. The van der Waals surface area contributed by atoms with Crippen molar-refractivity contribution >= 4 is 0 Å². The Bertz CT molecular complexity index is 270. The molecule has 19 heavy (non-hydrogen) atoms. The molecule has 0 amide bonds. The molecule has 0 atom stereocenters. The predicted molar refractivity (Wildman–Crippen MR) is 84.5 cm³/mol. The summed E-state index contributed by atoms with van der Waals surface area (Å²) < 4.78 is 4.10. The van der Waals surface area contributed by atoms with Gasteiger partial charge in [0, 0.05) is 7.11 Å². The molecule has 1 N–H and O–H groups in total. The average molecular weight is 268 g/mol. The zero-order chi connectivity index (χ0) is 14.9. The van der Waals surface area contributed by atoms with Crippen LogP contribution in [0.2, 0.25) is 0 Å². The molecule has 0 fully saturated rings. The molecule has 0 saturated heterocycles. The predicted octanol–water partition coefficient (Wildman–Crippen LogP) is 4.73. The Labute approximate surface area is 119 Å². The van der Waals surface area contributed by atoms with E-state index < -0.39 is 0 Å². The zero-order valence-electron chi connectivity index (χ0n) is 13.4. The number of aryl methyl sites for hydroxylation is 2. The number of aliphatic hydroxyl groups excluding tert-OH is 1. The van der Waals surface area contributed by atoms with Gasteiger partial charge in [0.2, 0.25) is 0 Å². The zero-order valence-corrected chi connectivity index (χ0v) is 13.4. The molecule has 0 aliphatic heterocycles. The van der Waals surface area contributed by atoms with E-state index in [-0.39, 0.29) is 6.79 Å². The number of rotatable bonds is 6. The van der Waals surface area contributed by atoms with Crippen molar-refractivity contribution in [1.82, 2.24) is 0 Å². The van der Waals surface area contributed by atoms with Gasteiger partial charge in [-0.05, 0) is 25.3 Å². The van der Waals surface area contributed by atoms with Gasteiger partial charge < -0.3 is 9.84 Å². The van der Waals surface area contributed by atoms with Crippen LogP contribution in [-0.4, -0.2) is 19.0 Å². The summed E-state index contributed by atoms with van der Waals surface area (Å²) in [5.41, 5.74) is 2.88. The Morgan fingerprint density at radius 2 is 1.74 bits per heavy atom. The lowest BCUT2D eigenvalue weighted by atomic mass is 10.0. The van der Waals surface area contributed by atoms with Gasteiger partial charge in [0.1, 0.15) is 6.79 Å². The minimum Gasteiger partial charge on any atom is -0.371 e. The molecule has 0 spiro atoms. The minimum absolute atomic E-state index is 0.181. The topological polar surface area (TPSA) is 29.5 Å². The number of hydrogen-bond acceptors (Lipinski definition) is 2. The lowest BCUT2D eigenvalue weighted by Crippen LogP contribution is -1.86. The molecular formula is C17H32O2. The summed E-state index contributed by atoms with van der Waals surface area (Å²) in [5, 5.41) is 7.65. The van der Waals surface area contributed by atoms with E-state index in [1.165, 1.54) is 50.3 Å². The van der Waals surface area contributed by atoms with Crippen molar-refractivity contribution in [1.29, 1.82) is 0 Å². The normalized spacial score (nSPS) is 8.95. The van der Waals surface area contributed by atoms with E-state index in [1.54, 1.807) is 0 Å². The van der Waals surface area contributed by atoms with Gasteiger partial charge >= 0.3 is 0 Å². The quantitative estimate of drug-likeness (QED) is 0.597. The molecule has 0 unspecified atom stereocenters. The first kappa shape index (κ1) is 20.5. The standard InChI is InChI=1S/C13H20.C2H6O2.C2H6/c1-3-4-5-6-9-13-10-7-8-12(2)11-13;1-4-2-3;1-2/h7-8,10-11H,3-6,9H2,1-2H3;3H,2H2,1H3;1-2H3. The van der Waals surface area contributed by atoms with Crippen molar-refractivity contribution in [2.24, 2.45) is 0 Å². The maximum absolute atomic E-state index is 7.65. The molecule has 1 aromatic carbocycles. The summed E-state index contributed by atoms with van der Waals surface area (Å²) in [4.78, 5) is 0. The van der Waals surface area contributed by atoms with E-state index in [2.05, 4.69) is 42.8 Å². The van der Waals surface area contributed by atoms with Crippen LogP contribution in [0.15, 0.2) is 24.3 Å². The third-order valence-corrected chi connectivity index (χ3v) is 2.53. The highest BCUT2D eigenvalue weighted by Crippen LogP contribution is 2.09. The maximum atomic E-state index is 7.65. The van der Waals surface area contributed by atoms with Crippen LogP contribution in [0.25, 0.3) is 0 Å². The first-order chi connectivity index (χ1) is 9.24. The second-order valence-corrected chi connectivity index (χ2v) is 4.22. The van der Waals surface area contributed by atoms with Gasteiger partial charge in [-0.25, -0.2) is 0 Å². The fraction of sp³-hybridized carbons (Fsp3) is 0.647. The van der Waals surface area contributed by atoms with Crippen molar-refractivity contribution in [3.8, 4) is 0 Å². The molecule has 0 aliphatic rings. The van der Waals surface area contributed by atoms with Crippen LogP contribution in [0.5, 0.6) is 0 Å². The van der Waals surface area contributed by atoms with E-state index in [4.69, 9.17) is 5.11 Å².